The molecule has 4 aromatic carbocycles. The minimum atomic E-state index is -0.638. The number of benzene rings is 4. The Labute approximate surface area is 308 Å². The molecule has 4 aromatic rings. The second kappa shape index (κ2) is 18.0. The molecule has 52 heavy (non-hydrogen) atoms. The van der Waals surface area contributed by atoms with Gasteiger partial charge in [0.25, 0.3) is 0 Å². The molecule has 0 amide bonds. The number of hydrogen-bond donors (Lipinski definition) is 0. The van der Waals surface area contributed by atoms with Gasteiger partial charge in [-0.25, -0.2) is 19.2 Å². The zero-order valence-corrected chi connectivity index (χ0v) is 29.8. The van der Waals surface area contributed by atoms with Crippen LogP contribution in [0.2, 0.25) is 0 Å². The topological polar surface area (TPSA) is 139 Å². The Morgan fingerprint density at radius 1 is 0.500 bits per heavy atom. The molecule has 5 rings (SSSR count). The predicted molar refractivity (Wildman–Crippen MR) is 193 cm³/mol. The predicted octanol–water partition coefficient (Wildman–Crippen LogP) is 7.32. The number of carbonyl (C=O) groups excluding carboxylic acids is 6. The van der Waals surface area contributed by atoms with Gasteiger partial charge in [0.05, 0.1) is 11.1 Å². The standard InChI is InChI=1S/C40H32O10S2/c1-3-11-33(41)47-21-23-49-39(45)25-13-5-7-17-29(25)51-31-19-9-15-27-35(31)37(43)28-16-10-20-32(36(28)38(27)44)52-30-18-8-6-14-26(30)40(46)50-24-22-48-34(42)12-4-2/h3-20H,21-24H2,1-2H3. The van der Waals surface area contributed by atoms with Gasteiger partial charge >= 0.3 is 23.9 Å². The summed E-state index contributed by atoms with van der Waals surface area (Å²) in [5.41, 5.74) is 1.32. The lowest BCUT2D eigenvalue weighted by atomic mass is 9.84. The normalized spacial score (nSPS) is 12.0. The van der Waals surface area contributed by atoms with Crippen molar-refractivity contribution in [3.8, 4) is 0 Å². The highest BCUT2D eigenvalue weighted by Crippen LogP contribution is 2.42. The summed E-state index contributed by atoms with van der Waals surface area (Å²) in [7, 11) is 0. The molecular weight excluding hydrogens is 705 g/mol. The number of allylic oxidation sites excluding steroid dienone is 2. The maximum Gasteiger partial charge on any atom is 0.339 e. The summed E-state index contributed by atoms with van der Waals surface area (Å²) in [5.74, 6) is -3.09. The fraction of sp³-hybridized carbons (Fsp3) is 0.150. The molecule has 0 fully saturated rings. The summed E-state index contributed by atoms with van der Waals surface area (Å²) in [6.45, 7) is 2.84. The van der Waals surface area contributed by atoms with Crippen molar-refractivity contribution in [2.75, 3.05) is 26.4 Å². The monoisotopic (exact) mass is 736 g/mol. The fourth-order valence-corrected chi connectivity index (χ4v) is 7.30. The Kier molecular flexibility index (Phi) is 13.0. The number of ketones is 2. The third-order valence-corrected chi connectivity index (χ3v) is 9.65. The van der Waals surface area contributed by atoms with Crippen molar-refractivity contribution in [2.45, 2.75) is 33.4 Å². The summed E-state index contributed by atoms with van der Waals surface area (Å²) < 4.78 is 20.6. The van der Waals surface area contributed by atoms with E-state index in [0.29, 0.717) is 19.6 Å². The van der Waals surface area contributed by atoms with Crippen LogP contribution >= 0.6 is 23.5 Å². The lowest BCUT2D eigenvalue weighted by Gasteiger charge is -2.22. The summed E-state index contributed by atoms with van der Waals surface area (Å²) in [6.07, 6.45) is 5.60. The van der Waals surface area contributed by atoms with Crippen LogP contribution in [0.4, 0.5) is 0 Å². The molecule has 1 aliphatic rings. The maximum absolute atomic E-state index is 14.1. The van der Waals surface area contributed by atoms with Crippen LogP contribution in [0.15, 0.2) is 129 Å². The molecule has 0 saturated carbocycles. The van der Waals surface area contributed by atoms with E-state index >= 15 is 0 Å². The molecule has 0 aliphatic heterocycles. The third-order valence-electron chi connectivity index (χ3n) is 7.38. The highest BCUT2D eigenvalue weighted by molar-refractivity contribution is 7.99. The van der Waals surface area contributed by atoms with Crippen LogP contribution in [0.1, 0.15) is 66.4 Å². The van der Waals surface area contributed by atoms with E-state index in [4.69, 9.17) is 18.9 Å². The first-order valence-electron chi connectivity index (χ1n) is 16.1. The second-order valence-electron chi connectivity index (χ2n) is 10.8. The number of fused-ring (bicyclic) bond motifs is 2. The van der Waals surface area contributed by atoms with E-state index in [2.05, 4.69) is 0 Å². The first-order valence-corrected chi connectivity index (χ1v) is 17.7. The van der Waals surface area contributed by atoms with E-state index in [1.807, 2.05) is 0 Å². The van der Waals surface area contributed by atoms with Crippen molar-refractivity contribution in [1.82, 2.24) is 0 Å². The number of ether oxygens (including phenoxy) is 4. The van der Waals surface area contributed by atoms with Gasteiger partial charge in [0.1, 0.15) is 26.4 Å². The molecule has 0 unspecified atom stereocenters. The molecule has 0 radical (unpaired) electrons. The summed E-state index contributed by atoms with van der Waals surface area (Å²) in [6, 6.07) is 23.4. The van der Waals surface area contributed by atoms with Gasteiger partial charge in [-0.1, -0.05) is 84.2 Å². The van der Waals surface area contributed by atoms with Crippen LogP contribution in [0.25, 0.3) is 0 Å². The van der Waals surface area contributed by atoms with Crippen LogP contribution in [0, 0.1) is 0 Å². The number of hydrogen-bond acceptors (Lipinski definition) is 12. The van der Waals surface area contributed by atoms with Crippen molar-refractivity contribution in [1.29, 1.82) is 0 Å². The van der Waals surface area contributed by atoms with Gasteiger partial charge in [-0.05, 0) is 50.2 Å². The Balaban J connectivity index is 1.35. The molecule has 0 aromatic heterocycles. The largest absolute Gasteiger partial charge is 0.459 e. The molecule has 10 nitrogen and oxygen atoms in total. The zero-order valence-electron chi connectivity index (χ0n) is 28.1. The van der Waals surface area contributed by atoms with Crippen molar-refractivity contribution in [3.63, 3.8) is 0 Å². The molecule has 0 saturated heterocycles. The SMILES string of the molecule is CC=CC(=O)OCCOC(=O)c1ccccc1Sc1cccc2c1C(=O)c1cccc(Sc3ccccc3C(=O)OCCOC(=O)C=CC)c1C2=O. The van der Waals surface area contributed by atoms with E-state index in [0.717, 1.165) is 23.5 Å². The molecule has 0 bridgehead atoms. The lowest BCUT2D eigenvalue weighted by molar-refractivity contribution is -0.139. The molecular formula is C40H32O10S2. The average Bonchev–Trinajstić information content (AvgIpc) is 3.14. The van der Waals surface area contributed by atoms with E-state index in [1.165, 1.54) is 12.2 Å². The molecule has 0 spiro atoms. The van der Waals surface area contributed by atoms with Crippen LogP contribution in [-0.2, 0) is 28.5 Å². The number of carbonyl (C=O) groups is 6. The molecule has 264 valence electrons. The maximum atomic E-state index is 14.1. The second-order valence-corrected chi connectivity index (χ2v) is 13.0. The minimum Gasteiger partial charge on any atom is -0.459 e. The first-order chi connectivity index (χ1) is 25.2. The van der Waals surface area contributed by atoms with Gasteiger partial charge in [-0.15, -0.1) is 0 Å². The highest BCUT2D eigenvalue weighted by Gasteiger charge is 2.34. The summed E-state index contributed by atoms with van der Waals surface area (Å²) >= 11 is 2.31. The van der Waals surface area contributed by atoms with Gasteiger partial charge in [0.2, 0.25) is 0 Å². The van der Waals surface area contributed by atoms with Gasteiger partial charge in [0, 0.05) is 54.0 Å². The number of esters is 4. The first kappa shape index (κ1) is 37.5. The van der Waals surface area contributed by atoms with E-state index in [9.17, 15) is 28.8 Å². The minimum absolute atomic E-state index is 0.113. The third kappa shape index (κ3) is 8.95. The Hall–Kier alpha value is -5.72. The van der Waals surface area contributed by atoms with Crippen molar-refractivity contribution in [3.05, 3.63) is 143 Å². The Morgan fingerprint density at radius 2 is 0.865 bits per heavy atom. The molecule has 12 heteroatoms. The van der Waals surface area contributed by atoms with Crippen LogP contribution in [0.3, 0.4) is 0 Å². The van der Waals surface area contributed by atoms with Crippen molar-refractivity contribution >= 4 is 59.0 Å². The van der Waals surface area contributed by atoms with Crippen LogP contribution in [0.5, 0.6) is 0 Å². The van der Waals surface area contributed by atoms with Gasteiger partial charge in [-0.3, -0.25) is 9.59 Å². The molecule has 0 N–H and O–H groups in total. The van der Waals surface area contributed by atoms with Crippen molar-refractivity contribution in [2.24, 2.45) is 0 Å². The molecule has 0 heterocycles. The van der Waals surface area contributed by atoms with E-state index < -0.39 is 23.9 Å². The lowest BCUT2D eigenvalue weighted by Crippen LogP contribution is -2.22. The quantitative estimate of drug-likeness (QED) is 0.0489. The van der Waals surface area contributed by atoms with E-state index in [1.54, 1.807) is 111 Å². The highest BCUT2D eigenvalue weighted by atomic mass is 32.2. The van der Waals surface area contributed by atoms with Crippen LogP contribution < -0.4 is 0 Å². The Morgan fingerprint density at radius 3 is 1.27 bits per heavy atom. The zero-order chi connectivity index (χ0) is 37.0. The Bertz CT molecular complexity index is 1950. The van der Waals surface area contributed by atoms with Crippen molar-refractivity contribution < 1.29 is 47.7 Å². The summed E-state index contributed by atoms with van der Waals surface area (Å²) in [5, 5.41) is 0. The number of rotatable bonds is 14. The van der Waals surface area contributed by atoms with Gasteiger partial charge < -0.3 is 18.9 Å². The van der Waals surface area contributed by atoms with Crippen LogP contribution in [-0.4, -0.2) is 61.9 Å². The smallest absolute Gasteiger partial charge is 0.339 e. The molecule has 0 atom stereocenters. The average molecular weight is 737 g/mol. The summed E-state index contributed by atoms with van der Waals surface area (Å²) in [4.78, 5) is 79.3. The van der Waals surface area contributed by atoms with E-state index in [-0.39, 0.29) is 71.4 Å². The molecule has 1 aliphatic carbocycles. The van der Waals surface area contributed by atoms with Gasteiger partial charge in [-0.2, -0.15) is 0 Å². The van der Waals surface area contributed by atoms with Gasteiger partial charge in [0.15, 0.2) is 11.6 Å². The fourth-order valence-electron chi connectivity index (χ4n) is 5.11.